The molecule has 0 aromatic carbocycles. The van der Waals surface area contributed by atoms with Crippen LogP contribution in [0.5, 0.6) is 0 Å². The molecule has 1 amide bonds. The quantitative estimate of drug-likeness (QED) is 0.896. The van der Waals surface area contributed by atoms with Crippen molar-refractivity contribution in [3.8, 4) is 0 Å². The molecule has 1 fully saturated rings. The van der Waals surface area contributed by atoms with Crippen molar-refractivity contribution in [2.75, 3.05) is 17.6 Å². The maximum atomic E-state index is 12.7. The lowest BCUT2D eigenvalue weighted by molar-refractivity contribution is 0.0516. The highest BCUT2D eigenvalue weighted by Crippen LogP contribution is 2.30. The SMILES string of the molecule is CCCNc1nc(N)c(C(=O)N2[C@H](C)CCC[C@@H]2C)s1. The minimum Gasteiger partial charge on any atom is -0.382 e. The molecule has 0 unspecified atom stereocenters. The van der Waals surface area contributed by atoms with Gasteiger partial charge in [-0.15, -0.1) is 0 Å². The van der Waals surface area contributed by atoms with E-state index in [4.69, 9.17) is 5.73 Å². The Balaban J connectivity index is 2.17. The average Bonchev–Trinajstić information content (AvgIpc) is 2.77. The first-order valence-electron chi connectivity index (χ1n) is 7.37. The first kappa shape index (κ1) is 15.1. The molecule has 2 heterocycles. The number of hydrogen-bond donors (Lipinski definition) is 2. The summed E-state index contributed by atoms with van der Waals surface area (Å²) in [5, 5.41) is 3.93. The fraction of sp³-hybridized carbons (Fsp3) is 0.714. The summed E-state index contributed by atoms with van der Waals surface area (Å²) in [6.07, 6.45) is 4.34. The molecular weight excluding hydrogens is 272 g/mol. The van der Waals surface area contributed by atoms with Crippen LogP contribution in [0.25, 0.3) is 0 Å². The molecule has 2 rings (SSSR count). The van der Waals surface area contributed by atoms with Gasteiger partial charge in [-0.3, -0.25) is 4.79 Å². The molecule has 0 saturated carbocycles. The minimum atomic E-state index is 0.0317. The Bertz CT molecular complexity index is 464. The van der Waals surface area contributed by atoms with Gasteiger partial charge in [-0.25, -0.2) is 4.98 Å². The van der Waals surface area contributed by atoms with E-state index in [1.54, 1.807) is 0 Å². The number of carbonyl (C=O) groups excluding carboxylic acids is 1. The monoisotopic (exact) mass is 296 g/mol. The van der Waals surface area contributed by atoms with E-state index in [1.807, 2.05) is 4.90 Å². The number of aromatic nitrogens is 1. The molecule has 3 N–H and O–H groups in total. The number of nitrogen functional groups attached to an aromatic ring is 1. The molecule has 0 bridgehead atoms. The van der Waals surface area contributed by atoms with Crippen LogP contribution in [-0.2, 0) is 0 Å². The van der Waals surface area contributed by atoms with Crippen molar-refractivity contribution in [1.29, 1.82) is 0 Å². The maximum absolute atomic E-state index is 12.7. The highest BCUT2D eigenvalue weighted by molar-refractivity contribution is 7.18. The van der Waals surface area contributed by atoms with Crippen LogP contribution in [-0.4, -0.2) is 34.4 Å². The number of carbonyl (C=O) groups is 1. The van der Waals surface area contributed by atoms with Crippen molar-refractivity contribution in [2.24, 2.45) is 0 Å². The lowest BCUT2D eigenvalue weighted by atomic mass is 9.97. The molecule has 1 aliphatic rings. The fourth-order valence-corrected chi connectivity index (χ4v) is 3.59. The number of anilines is 2. The van der Waals surface area contributed by atoms with Crippen LogP contribution in [0, 0.1) is 0 Å². The van der Waals surface area contributed by atoms with Crippen molar-refractivity contribution < 1.29 is 4.79 Å². The van der Waals surface area contributed by atoms with Crippen LogP contribution in [0.4, 0.5) is 10.9 Å². The Kier molecular flexibility index (Phi) is 4.86. The Morgan fingerprint density at radius 1 is 1.45 bits per heavy atom. The first-order valence-corrected chi connectivity index (χ1v) is 8.19. The zero-order valence-corrected chi connectivity index (χ0v) is 13.3. The number of nitrogens with zero attached hydrogens (tertiary/aromatic N) is 2. The molecule has 1 aliphatic heterocycles. The summed E-state index contributed by atoms with van der Waals surface area (Å²) in [6.45, 7) is 7.16. The number of rotatable bonds is 4. The molecule has 1 saturated heterocycles. The molecule has 0 spiro atoms. The molecule has 20 heavy (non-hydrogen) atoms. The second-order valence-electron chi connectivity index (χ2n) is 5.50. The van der Waals surface area contributed by atoms with Gasteiger partial charge < -0.3 is 16.0 Å². The number of likely N-dealkylation sites (tertiary alicyclic amines) is 1. The van der Waals surface area contributed by atoms with Gasteiger partial charge in [0.15, 0.2) is 5.13 Å². The van der Waals surface area contributed by atoms with E-state index < -0.39 is 0 Å². The first-order chi connectivity index (χ1) is 9.54. The van der Waals surface area contributed by atoms with Gasteiger partial charge in [-0.1, -0.05) is 18.3 Å². The van der Waals surface area contributed by atoms with Gasteiger partial charge in [-0.05, 0) is 39.5 Å². The highest BCUT2D eigenvalue weighted by Gasteiger charge is 2.32. The topological polar surface area (TPSA) is 71.2 Å². The molecular formula is C14H24N4OS. The molecule has 1 aromatic rings. The predicted octanol–water partition coefficient (Wildman–Crippen LogP) is 2.95. The van der Waals surface area contributed by atoms with E-state index in [9.17, 15) is 4.79 Å². The summed E-state index contributed by atoms with van der Waals surface area (Å²) >= 11 is 1.37. The van der Waals surface area contributed by atoms with Crippen molar-refractivity contribution in [1.82, 2.24) is 9.88 Å². The zero-order valence-electron chi connectivity index (χ0n) is 12.5. The Labute approximate surface area is 124 Å². The third-order valence-electron chi connectivity index (χ3n) is 3.80. The van der Waals surface area contributed by atoms with Crippen LogP contribution in [0.1, 0.15) is 56.1 Å². The number of piperidine rings is 1. The van der Waals surface area contributed by atoms with Gasteiger partial charge in [0, 0.05) is 18.6 Å². The second-order valence-corrected chi connectivity index (χ2v) is 6.50. The fourth-order valence-electron chi connectivity index (χ4n) is 2.73. The van der Waals surface area contributed by atoms with E-state index in [1.165, 1.54) is 17.8 Å². The average molecular weight is 296 g/mol. The molecule has 0 aliphatic carbocycles. The number of thiazole rings is 1. The Hall–Kier alpha value is -1.30. The summed E-state index contributed by atoms with van der Waals surface area (Å²) in [4.78, 5) is 19.5. The van der Waals surface area contributed by atoms with E-state index in [2.05, 4.69) is 31.1 Å². The van der Waals surface area contributed by atoms with Crippen LogP contribution in [0.15, 0.2) is 0 Å². The number of hydrogen-bond acceptors (Lipinski definition) is 5. The lowest BCUT2D eigenvalue weighted by Crippen LogP contribution is -2.47. The lowest BCUT2D eigenvalue weighted by Gasteiger charge is -2.38. The summed E-state index contributed by atoms with van der Waals surface area (Å²) < 4.78 is 0. The zero-order chi connectivity index (χ0) is 14.7. The van der Waals surface area contributed by atoms with Crippen LogP contribution in [0.2, 0.25) is 0 Å². The van der Waals surface area contributed by atoms with Crippen LogP contribution in [0.3, 0.4) is 0 Å². The standard InChI is InChI=1S/C14H24N4OS/c1-4-8-16-14-17-12(15)11(20-14)13(19)18-9(2)6-5-7-10(18)3/h9-10H,4-8,15H2,1-3H3,(H,16,17)/t9-,10+. The molecule has 0 radical (unpaired) electrons. The van der Waals surface area contributed by atoms with Gasteiger partial charge in [0.05, 0.1) is 0 Å². The normalized spacial score (nSPS) is 22.9. The smallest absolute Gasteiger partial charge is 0.268 e. The van der Waals surface area contributed by atoms with Crippen molar-refractivity contribution in [2.45, 2.75) is 58.5 Å². The largest absolute Gasteiger partial charge is 0.382 e. The molecule has 1 aromatic heterocycles. The second kappa shape index (κ2) is 6.43. The van der Waals surface area contributed by atoms with E-state index >= 15 is 0 Å². The molecule has 112 valence electrons. The third kappa shape index (κ3) is 3.06. The summed E-state index contributed by atoms with van der Waals surface area (Å²) in [6, 6.07) is 0.555. The summed E-state index contributed by atoms with van der Waals surface area (Å²) in [5.74, 6) is 0.382. The van der Waals surface area contributed by atoms with E-state index in [0.29, 0.717) is 10.7 Å². The van der Waals surface area contributed by atoms with Gasteiger partial charge in [0.2, 0.25) is 0 Å². The molecule has 6 heteroatoms. The van der Waals surface area contributed by atoms with Gasteiger partial charge in [0.1, 0.15) is 10.7 Å². The van der Waals surface area contributed by atoms with Crippen LogP contribution >= 0.6 is 11.3 Å². The van der Waals surface area contributed by atoms with Crippen molar-refractivity contribution in [3.63, 3.8) is 0 Å². The van der Waals surface area contributed by atoms with Crippen molar-refractivity contribution in [3.05, 3.63) is 4.88 Å². The number of nitrogens with one attached hydrogen (secondary N) is 1. The number of nitrogens with two attached hydrogens (primary N) is 1. The molecule has 2 atom stereocenters. The Morgan fingerprint density at radius 2 is 2.10 bits per heavy atom. The van der Waals surface area contributed by atoms with E-state index in [0.717, 1.165) is 30.9 Å². The molecule has 5 nitrogen and oxygen atoms in total. The Morgan fingerprint density at radius 3 is 2.70 bits per heavy atom. The van der Waals surface area contributed by atoms with Gasteiger partial charge in [-0.2, -0.15) is 0 Å². The maximum Gasteiger partial charge on any atom is 0.268 e. The predicted molar refractivity (Wildman–Crippen MR) is 84.3 cm³/mol. The summed E-state index contributed by atoms with van der Waals surface area (Å²) in [7, 11) is 0. The third-order valence-corrected chi connectivity index (χ3v) is 4.82. The number of amides is 1. The minimum absolute atomic E-state index is 0.0317. The van der Waals surface area contributed by atoms with Gasteiger partial charge >= 0.3 is 0 Å². The summed E-state index contributed by atoms with van der Waals surface area (Å²) in [5.41, 5.74) is 5.92. The van der Waals surface area contributed by atoms with Crippen LogP contribution < -0.4 is 11.1 Å². The highest BCUT2D eigenvalue weighted by atomic mass is 32.1. The van der Waals surface area contributed by atoms with Crippen molar-refractivity contribution >= 4 is 28.2 Å². The van der Waals surface area contributed by atoms with Gasteiger partial charge in [0.25, 0.3) is 5.91 Å². The van der Waals surface area contributed by atoms with E-state index in [-0.39, 0.29) is 18.0 Å².